The van der Waals surface area contributed by atoms with E-state index in [1.54, 1.807) is 6.92 Å². The number of carboxylic acid groups (broad SMARTS) is 1. The summed E-state index contributed by atoms with van der Waals surface area (Å²) in [5.74, 6) is -1.16. The molecule has 4 aliphatic carbocycles. The zero-order valence-corrected chi connectivity index (χ0v) is 21.5. The first-order chi connectivity index (χ1) is 17.1. The minimum absolute atomic E-state index is 0.0327. The van der Waals surface area contributed by atoms with Gasteiger partial charge in [-0.25, -0.2) is 0 Å². The van der Waals surface area contributed by atoms with E-state index in [4.69, 9.17) is 14.2 Å². The van der Waals surface area contributed by atoms with Crippen LogP contribution in [0.15, 0.2) is 11.6 Å². The zero-order chi connectivity index (χ0) is 26.2. The van der Waals surface area contributed by atoms with Crippen LogP contribution >= 0.6 is 0 Å². The highest BCUT2D eigenvalue weighted by molar-refractivity contribution is 5.90. The molecule has 9 nitrogen and oxygen atoms in total. The van der Waals surface area contributed by atoms with Gasteiger partial charge in [-0.15, -0.1) is 0 Å². The second kappa shape index (κ2) is 8.85. The molecule has 9 heteroatoms. The minimum Gasteiger partial charge on any atom is -0.481 e. The molecule has 4 N–H and O–H groups in total. The lowest BCUT2D eigenvalue weighted by molar-refractivity contribution is -0.307. The molecule has 3 saturated carbocycles. The minimum atomic E-state index is -1.50. The number of fused-ring (bicyclic) bond motifs is 2. The highest BCUT2D eigenvalue weighted by Crippen LogP contribution is 2.82. The molecule has 5 rings (SSSR count). The van der Waals surface area contributed by atoms with E-state index in [1.165, 1.54) is 7.11 Å². The third-order valence-electron chi connectivity index (χ3n) is 10.9. The fourth-order valence-corrected chi connectivity index (χ4v) is 9.34. The summed E-state index contributed by atoms with van der Waals surface area (Å²) >= 11 is 0. The Balaban J connectivity index is 1.58. The number of aliphatic carboxylic acids is 1. The number of allylic oxidation sites excluding steroid dienone is 1. The number of ether oxygens (including phenoxy) is 3. The van der Waals surface area contributed by atoms with Crippen LogP contribution in [-0.2, 0) is 23.8 Å². The van der Waals surface area contributed by atoms with Crippen molar-refractivity contribution in [3.63, 3.8) is 0 Å². The SMILES string of the molecule is COC1C(C)OC(OCC23CC4C(C)CCC4C4(C=O)CC2C=C(C(C)CO)C43C(=O)O)C(O)C1O. The maximum atomic E-state index is 13.5. The van der Waals surface area contributed by atoms with Gasteiger partial charge in [-0.2, -0.15) is 0 Å². The lowest BCUT2D eigenvalue weighted by atomic mass is 9.43. The van der Waals surface area contributed by atoms with E-state index in [0.29, 0.717) is 24.3 Å². The van der Waals surface area contributed by atoms with Crippen molar-refractivity contribution in [2.45, 2.75) is 77.2 Å². The third kappa shape index (κ3) is 2.98. The molecule has 0 amide bonds. The molecule has 1 saturated heterocycles. The Morgan fingerprint density at radius 1 is 1.25 bits per heavy atom. The van der Waals surface area contributed by atoms with Crippen molar-refractivity contribution in [2.75, 3.05) is 20.3 Å². The molecule has 4 bridgehead atoms. The molecule has 202 valence electrons. The number of hydrogen-bond donors (Lipinski definition) is 4. The van der Waals surface area contributed by atoms with Crippen LogP contribution in [0.25, 0.3) is 0 Å². The Bertz CT molecular complexity index is 936. The second-order valence-corrected chi connectivity index (χ2v) is 12.1. The average molecular weight is 509 g/mol. The molecule has 0 spiro atoms. The maximum Gasteiger partial charge on any atom is 0.315 e. The van der Waals surface area contributed by atoms with Gasteiger partial charge >= 0.3 is 5.97 Å². The molecule has 5 aliphatic rings. The molecule has 36 heavy (non-hydrogen) atoms. The van der Waals surface area contributed by atoms with E-state index < -0.39 is 58.8 Å². The van der Waals surface area contributed by atoms with Crippen molar-refractivity contribution in [3.8, 4) is 0 Å². The Labute approximate surface area is 211 Å². The molecule has 4 fully saturated rings. The summed E-state index contributed by atoms with van der Waals surface area (Å²) in [6.45, 7) is 5.47. The molecule has 13 unspecified atom stereocenters. The molecule has 0 radical (unpaired) electrons. The van der Waals surface area contributed by atoms with E-state index >= 15 is 0 Å². The van der Waals surface area contributed by atoms with Crippen molar-refractivity contribution in [1.82, 2.24) is 0 Å². The number of methoxy groups -OCH3 is 1. The van der Waals surface area contributed by atoms with Crippen LogP contribution in [0.2, 0.25) is 0 Å². The first-order valence-electron chi connectivity index (χ1n) is 13.2. The summed E-state index contributed by atoms with van der Waals surface area (Å²) in [6.07, 6.45) is 0.678. The largest absolute Gasteiger partial charge is 0.481 e. The normalized spacial score (nSPS) is 52.1. The first kappa shape index (κ1) is 26.3. The van der Waals surface area contributed by atoms with Gasteiger partial charge in [0.2, 0.25) is 0 Å². The highest BCUT2D eigenvalue weighted by Gasteiger charge is 2.84. The molecule has 0 aromatic rings. The molecular weight excluding hydrogens is 468 g/mol. The molecule has 13 atom stereocenters. The lowest BCUT2D eigenvalue weighted by Crippen LogP contribution is -2.64. The standard InChI is InChI=1S/C27H40O9/c1-13-5-6-18-17(13)9-26(12-35-23-21(31)20(30)22(34-4)15(3)36-23)16-7-19(14(2)10-28)27(26,24(32)33)25(18,8-16)11-29/h7,11,13-18,20-23,28,30-31H,5-6,8-10,12H2,1-4H3,(H,32,33). The molecule has 0 aromatic heterocycles. The highest BCUT2D eigenvalue weighted by atomic mass is 16.7. The number of carbonyl (C=O) groups excluding carboxylic acids is 1. The van der Waals surface area contributed by atoms with Crippen LogP contribution in [0.3, 0.4) is 0 Å². The average Bonchev–Trinajstić information content (AvgIpc) is 3.42. The van der Waals surface area contributed by atoms with Crippen molar-refractivity contribution in [3.05, 3.63) is 11.6 Å². The predicted octanol–water partition coefficient (Wildman–Crippen LogP) is 1.38. The number of aldehydes is 1. The van der Waals surface area contributed by atoms with Crippen LogP contribution in [0.1, 0.15) is 46.5 Å². The van der Waals surface area contributed by atoms with Crippen molar-refractivity contribution >= 4 is 12.3 Å². The Morgan fingerprint density at radius 2 is 1.97 bits per heavy atom. The first-order valence-corrected chi connectivity index (χ1v) is 13.2. The van der Waals surface area contributed by atoms with Crippen molar-refractivity contribution < 1.29 is 44.2 Å². The monoisotopic (exact) mass is 508 g/mol. The summed E-state index contributed by atoms with van der Waals surface area (Å²) in [5.41, 5.74) is -2.87. The summed E-state index contributed by atoms with van der Waals surface area (Å²) in [6, 6.07) is 0. The number of aliphatic hydroxyl groups is 3. The second-order valence-electron chi connectivity index (χ2n) is 12.1. The Hall–Kier alpha value is -1.36. The van der Waals surface area contributed by atoms with Gasteiger partial charge in [-0.1, -0.05) is 26.3 Å². The van der Waals surface area contributed by atoms with Crippen LogP contribution in [0.5, 0.6) is 0 Å². The van der Waals surface area contributed by atoms with Crippen LogP contribution < -0.4 is 0 Å². The molecule has 1 heterocycles. The smallest absolute Gasteiger partial charge is 0.315 e. The van der Waals surface area contributed by atoms with Crippen LogP contribution in [0, 0.1) is 45.8 Å². The Kier molecular flexibility index (Phi) is 6.45. The van der Waals surface area contributed by atoms with Gasteiger partial charge < -0.3 is 39.4 Å². The third-order valence-corrected chi connectivity index (χ3v) is 10.9. The summed E-state index contributed by atoms with van der Waals surface area (Å²) in [4.78, 5) is 26.6. The van der Waals surface area contributed by atoms with Gasteiger partial charge in [-0.3, -0.25) is 4.79 Å². The lowest BCUT2D eigenvalue weighted by Gasteiger charge is -2.58. The Morgan fingerprint density at radius 3 is 2.58 bits per heavy atom. The van der Waals surface area contributed by atoms with Gasteiger partial charge in [0.1, 0.15) is 30.0 Å². The van der Waals surface area contributed by atoms with E-state index in [-0.39, 0.29) is 31.0 Å². The zero-order valence-electron chi connectivity index (χ0n) is 21.5. The molecule has 1 aliphatic heterocycles. The quantitative estimate of drug-likeness (QED) is 0.282. The predicted molar refractivity (Wildman–Crippen MR) is 127 cm³/mol. The number of aliphatic hydroxyl groups excluding tert-OH is 3. The van der Waals surface area contributed by atoms with Gasteiger partial charge in [0.05, 0.1) is 18.1 Å². The van der Waals surface area contributed by atoms with E-state index in [1.807, 2.05) is 13.0 Å². The summed E-state index contributed by atoms with van der Waals surface area (Å²) < 4.78 is 17.4. The van der Waals surface area contributed by atoms with Gasteiger partial charge in [0.25, 0.3) is 0 Å². The number of hydrogen-bond acceptors (Lipinski definition) is 8. The molecular formula is C27H40O9. The number of carboxylic acids is 1. The fraction of sp³-hybridized carbons (Fsp3) is 0.852. The fourth-order valence-electron chi connectivity index (χ4n) is 9.34. The van der Waals surface area contributed by atoms with E-state index in [9.17, 15) is 30.0 Å². The number of carbonyl (C=O) groups is 2. The summed E-state index contributed by atoms with van der Waals surface area (Å²) in [7, 11) is 1.43. The number of rotatable bonds is 8. The van der Waals surface area contributed by atoms with Crippen LogP contribution in [-0.4, -0.2) is 83.7 Å². The van der Waals surface area contributed by atoms with E-state index in [2.05, 4.69) is 6.92 Å². The maximum absolute atomic E-state index is 13.5. The van der Waals surface area contributed by atoms with Gasteiger partial charge in [-0.05, 0) is 55.4 Å². The molecule has 0 aromatic carbocycles. The topological polar surface area (TPSA) is 143 Å². The van der Waals surface area contributed by atoms with Gasteiger partial charge in [0.15, 0.2) is 6.29 Å². The van der Waals surface area contributed by atoms with Crippen molar-refractivity contribution in [1.29, 1.82) is 0 Å². The van der Waals surface area contributed by atoms with Crippen LogP contribution in [0.4, 0.5) is 0 Å². The summed E-state index contributed by atoms with van der Waals surface area (Å²) in [5, 5.41) is 42.4. The van der Waals surface area contributed by atoms with Crippen molar-refractivity contribution in [2.24, 2.45) is 45.8 Å². The van der Waals surface area contributed by atoms with E-state index in [0.717, 1.165) is 19.1 Å². The van der Waals surface area contributed by atoms with Gasteiger partial charge in [0, 0.05) is 25.0 Å².